The average Bonchev–Trinajstić information content (AvgIpc) is 2.58. The monoisotopic (exact) mass is 329 g/mol. The van der Waals surface area contributed by atoms with E-state index in [1.807, 2.05) is 74.5 Å². The number of benzene rings is 3. The smallest absolute Gasteiger partial charge is 0.236 e. The number of carbonyl (C=O) groups excluding carboxylic acids is 1. The highest BCUT2D eigenvalue weighted by atomic mass is 16.5. The molecule has 3 heteroatoms. The van der Waals surface area contributed by atoms with Gasteiger partial charge in [-0.05, 0) is 49.2 Å². The van der Waals surface area contributed by atoms with Crippen LogP contribution in [-0.4, -0.2) is 5.91 Å². The quantitative estimate of drug-likeness (QED) is 0.703. The van der Waals surface area contributed by atoms with Crippen molar-refractivity contribution in [2.75, 3.05) is 5.32 Å². The molecule has 0 saturated heterocycles. The first-order chi connectivity index (χ1) is 12.1. The molecule has 1 N–H and O–H groups in total. The van der Waals surface area contributed by atoms with Gasteiger partial charge in [-0.1, -0.05) is 42.5 Å². The first-order valence-corrected chi connectivity index (χ1v) is 8.37. The van der Waals surface area contributed by atoms with E-state index in [4.69, 9.17) is 4.74 Å². The van der Waals surface area contributed by atoms with E-state index < -0.39 is 0 Å². The molecule has 0 bridgehead atoms. The molecule has 0 atom stereocenters. The van der Waals surface area contributed by atoms with Gasteiger partial charge in [0.15, 0.2) is 0 Å². The molecule has 0 unspecified atom stereocenters. The van der Waals surface area contributed by atoms with Crippen LogP contribution in [0, 0.1) is 13.8 Å². The molecule has 0 aliphatic carbocycles. The number of amides is 1. The average molecular weight is 329 g/mol. The molecule has 0 saturated carbocycles. The molecule has 3 aromatic carbocycles. The predicted molar refractivity (Wildman–Crippen MR) is 99.3 cm³/mol. The largest absolute Gasteiger partial charge is 0.457 e. The van der Waals surface area contributed by atoms with E-state index in [0.29, 0.717) is 0 Å². The van der Waals surface area contributed by atoms with Gasteiger partial charge in [0.2, 0.25) is 5.91 Å². The molecule has 25 heavy (non-hydrogen) atoms. The number of nitrogens with one attached hydrogen (secondary N) is 1. The number of fused-ring (bicyclic) bond motifs is 2. The molecule has 124 valence electrons. The Morgan fingerprint density at radius 3 is 1.92 bits per heavy atom. The Morgan fingerprint density at radius 1 is 0.840 bits per heavy atom. The first-order valence-electron chi connectivity index (χ1n) is 8.37. The summed E-state index contributed by atoms with van der Waals surface area (Å²) >= 11 is 0. The highest BCUT2D eigenvalue weighted by molar-refractivity contribution is 5.99. The van der Waals surface area contributed by atoms with Gasteiger partial charge >= 0.3 is 0 Å². The zero-order valence-electron chi connectivity index (χ0n) is 14.2. The Morgan fingerprint density at radius 2 is 1.36 bits per heavy atom. The van der Waals surface area contributed by atoms with Gasteiger partial charge in [-0.25, -0.2) is 0 Å². The van der Waals surface area contributed by atoms with Gasteiger partial charge < -0.3 is 10.1 Å². The number of hydrogen-bond acceptors (Lipinski definition) is 2. The van der Waals surface area contributed by atoms with E-state index >= 15 is 0 Å². The fourth-order valence-corrected chi connectivity index (χ4v) is 3.45. The fourth-order valence-electron chi connectivity index (χ4n) is 3.45. The summed E-state index contributed by atoms with van der Waals surface area (Å²) < 4.78 is 5.97. The van der Waals surface area contributed by atoms with Gasteiger partial charge in [-0.15, -0.1) is 0 Å². The summed E-state index contributed by atoms with van der Waals surface area (Å²) in [5, 5.41) is 3.08. The summed E-state index contributed by atoms with van der Waals surface area (Å²) in [6.07, 6.45) is 0. The lowest BCUT2D eigenvalue weighted by Gasteiger charge is -2.27. The number of para-hydroxylation sites is 2. The molecule has 1 amide bonds. The van der Waals surface area contributed by atoms with E-state index in [1.165, 1.54) is 0 Å². The molecular weight excluding hydrogens is 310 g/mol. The maximum atomic E-state index is 13.1. The van der Waals surface area contributed by atoms with Crippen LogP contribution in [0.4, 0.5) is 5.69 Å². The molecule has 1 aliphatic rings. The summed E-state index contributed by atoms with van der Waals surface area (Å²) in [5.74, 6) is 1.04. The number of carbonyl (C=O) groups is 1. The normalized spacial score (nSPS) is 12.7. The maximum Gasteiger partial charge on any atom is 0.236 e. The Bertz CT molecular complexity index is 896. The number of aryl methyl sites for hydroxylation is 2. The number of rotatable bonds is 2. The lowest BCUT2D eigenvalue weighted by Crippen LogP contribution is -2.25. The third-order valence-corrected chi connectivity index (χ3v) is 4.43. The highest BCUT2D eigenvalue weighted by Crippen LogP contribution is 2.44. The van der Waals surface area contributed by atoms with E-state index in [-0.39, 0.29) is 11.8 Å². The van der Waals surface area contributed by atoms with Crippen molar-refractivity contribution in [2.24, 2.45) is 0 Å². The van der Waals surface area contributed by atoms with Gasteiger partial charge in [-0.2, -0.15) is 0 Å². The number of ether oxygens (including phenoxy) is 1. The van der Waals surface area contributed by atoms with Gasteiger partial charge in [0.1, 0.15) is 11.5 Å². The first kappa shape index (κ1) is 15.5. The SMILES string of the molecule is Cc1cc(C)cc(NC(=O)C2c3ccccc3Oc3ccccc32)c1. The molecular formula is C22H19NO2. The highest BCUT2D eigenvalue weighted by Gasteiger charge is 2.32. The molecule has 3 nitrogen and oxygen atoms in total. The molecule has 3 aromatic rings. The minimum atomic E-state index is -0.387. The van der Waals surface area contributed by atoms with Crippen molar-refractivity contribution in [3.63, 3.8) is 0 Å². The molecule has 0 radical (unpaired) electrons. The summed E-state index contributed by atoms with van der Waals surface area (Å²) in [5.41, 5.74) is 4.86. The Labute approximate surface area is 147 Å². The van der Waals surface area contributed by atoms with E-state index in [9.17, 15) is 4.79 Å². The van der Waals surface area contributed by atoms with Crippen molar-refractivity contribution in [3.05, 3.63) is 89.0 Å². The minimum Gasteiger partial charge on any atom is -0.457 e. The minimum absolute atomic E-state index is 0.0480. The van der Waals surface area contributed by atoms with Crippen molar-refractivity contribution >= 4 is 11.6 Å². The standard InChI is InChI=1S/C22H19NO2/c1-14-11-15(2)13-16(12-14)23-22(24)21-17-7-3-5-9-19(17)25-20-10-6-4-8-18(20)21/h3-13,21H,1-2H3,(H,23,24). The second-order valence-electron chi connectivity index (χ2n) is 6.48. The zero-order valence-corrected chi connectivity index (χ0v) is 14.2. The Hall–Kier alpha value is -3.07. The zero-order chi connectivity index (χ0) is 17.4. The Balaban J connectivity index is 1.75. The van der Waals surface area contributed by atoms with Crippen LogP contribution in [0.2, 0.25) is 0 Å². The summed E-state index contributed by atoms with van der Waals surface area (Å²) in [6, 6.07) is 21.5. The van der Waals surface area contributed by atoms with Gasteiger partial charge in [0.25, 0.3) is 0 Å². The summed E-state index contributed by atoms with van der Waals surface area (Å²) in [4.78, 5) is 13.1. The molecule has 1 heterocycles. The molecule has 0 fully saturated rings. The van der Waals surface area contributed by atoms with Crippen molar-refractivity contribution in [1.82, 2.24) is 0 Å². The van der Waals surface area contributed by atoms with Gasteiger partial charge in [0, 0.05) is 16.8 Å². The third kappa shape index (κ3) is 2.89. The number of hydrogen-bond donors (Lipinski definition) is 1. The van der Waals surface area contributed by atoms with Crippen LogP contribution in [0.5, 0.6) is 11.5 Å². The van der Waals surface area contributed by atoms with E-state index in [2.05, 4.69) is 11.4 Å². The van der Waals surface area contributed by atoms with Crippen molar-refractivity contribution < 1.29 is 9.53 Å². The Kier molecular flexibility index (Phi) is 3.77. The van der Waals surface area contributed by atoms with Crippen molar-refractivity contribution in [1.29, 1.82) is 0 Å². The topological polar surface area (TPSA) is 38.3 Å². The van der Waals surface area contributed by atoms with Crippen LogP contribution in [-0.2, 0) is 4.79 Å². The lowest BCUT2D eigenvalue weighted by molar-refractivity contribution is -0.116. The lowest BCUT2D eigenvalue weighted by atomic mass is 9.87. The third-order valence-electron chi connectivity index (χ3n) is 4.43. The van der Waals surface area contributed by atoms with Crippen LogP contribution < -0.4 is 10.1 Å². The fraction of sp³-hybridized carbons (Fsp3) is 0.136. The van der Waals surface area contributed by atoms with Crippen LogP contribution >= 0.6 is 0 Å². The maximum absolute atomic E-state index is 13.1. The molecule has 0 aromatic heterocycles. The molecule has 0 spiro atoms. The second-order valence-corrected chi connectivity index (χ2v) is 6.48. The second kappa shape index (κ2) is 6.10. The van der Waals surface area contributed by atoms with Crippen LogP contribution in [0.3, 0.4) is 0 Å². The van der Waals surface area contributed by atoms with Crippen LogP contribution in [0.15, 0.2) is 66.7 Å². The van der Waals surface area contributed by atoms with E-state index in [0.717, 1.165) is 39.4 Å². The van der Waals surface area contributed by atoms with E-state index in [1.54, 1.807) is 0 Å². The molecule has 4 rings (SSSR count). The van der Waals surface area contributed by atoms with Crippen molar-refractivity contribution in [2.45, 2.75) is 19.8 Å². The van der Waals surface area contributed by atoms with Gasteiger partial charge in [0.05, 0.1) is 5.92 Å². The predicted octanol–water partition coefficient (Wildman–Crippen LogP) is 5.18. The van der Waals surface area contributed by atoms with Crippen LogP contribution in [0.1, 0.15) is 28.2 Å². The van der Waals surface area contributed by atoms with Crippen molar-refractivity contribution in [3.8, 4) is 11.5 Å². The van der Waals surface area contributed by atoms with Gasteiger partial charge in [-0.3, -0.25) is 4.79 Å². The summed E-state index contributed by atoms with van der Waals surface area (Å²) in [6.45, 7) is 4.06. The summed E-state index contributed by atoms with van der Waals surface area (Å²) in [7, 11) is 0. The molecule has 1 aliphatic heterocycles. The van der Waals surface area contributed by atoms with Crippen LogP contribution in [0.25, 0.3) is 0 Å². The number of anilines is 1.